The molecule has 3 aromatic carbocycles. The number of rotatable bonds is 9. The molecule has 0 aliphatic heterocycles. The highest BCUT2D eigenvalue weighted by atomic mass is 32.2. The third-order valence-corrected chi connectivity index (χ3v) is 5.52. The predicted octanol–water partition coefficient (Wildman–Crippen LogP) is 3.76. The Morgan fingerprint density at radius 2 is 1.50 bits per heavy atom. The molecule has 2 N–H and O–H groups in total. The molecule has 0 aliphatic carbocycles. The van der Waals surface area contributed by atoms with Crippen molar-refractivity contribution in [2.24, 2.45) is 0 Å². The molecule has 0 fully saturated rings. The summed E-state index contributed by atoms with van der Waals surface area (Å²) >= 11 is 0. The lowest BCUT2D eigenvalue weighted by molar-refractivity contribution is 0.102. The van der Waals surface area contributed by atoms with Crippen LogP contribution in [0, 0.1) is 0 Å². The molecule has 0 bridgehead atoms. The largest absolute Gasteiger partial charge is 0.491 e. The van der Waals surface area contributed by atoms with Gasteiger partial charge in [0.25, 0.3) is 15.9 Å². The molecule has 0 radical (unpaired) electrons. The first-order chi connectivity index (χ1) is 14.5. The number of para-hydroxylation sites is 1. The summed E-state index contributed by atoms with van der Waals surface area (Å²) in [6.45, 7) is 0.908. The van der Waals surface area contributed by atoms with Crippen LogP contribution in [0.2, 0.25) is 0 Å². The maximum Gasteiger partial charge on any atom is 0.261 e. The lowest BCUT2D eigenvalue weighted by Crippen LogP contribution is -2.14. The lowest BCUT2D eigenvalue weighted by atomic mass is 10.2. The van der Waals surface area contributed by atoms with Crippen molar-refractivity contribution < 1.29 is 22.7 Å². The van der Waals surface area contributed by atoms with Gasteiger partial charge in [-0.25, -0.2) is 8.42 Å². The van der Waals surface area contributed by atoms with Crippen LogP contribution in [0.1, 0.15) is 10.4 Å². The topological polar surface area (TPSA) is 93.7 Å². The van der Waals surface area contributed by atoms with Crippen LogP contribution >= 0.6 is 0 Å². The minimum absolute atomic E-state index is 0.0990. The monoisotopic (exact) mass is 426 g/mol. The fourth-order valence-electron chi connectivity index (χ4n) is 2.59. The molecule has 7 nitrogen and oxygen atoms in total. The van der Waals surface area contributed by atoms with Crippen molar-refractivity contribution >= 4 is 27.3 Å². The van der Waals surface area contributed by atoms with Crippen molar-refractivity contribution in [1.82, 2.24) is 0 Å². The Bertz CT molecular complexity index is 1070. The molecular weight excluding hydrogens is 404 g/mol. The molecule has 30 heavy (non-hydrogen) atoms. The number of hydrogen-bond donors (Lipinski definition) is 2. The molecular formula is C22H22N2O5S. The molecule has 0 aliphatic rings. The maximum atomic E-state index is 12.5. The van der Waals surface area contributed by atoms with Crippen LogP contribution in [0.25, 0.3) is 0 Å². The number of ether oxygens (including phenoxy) is 2. The van der Waals surface area contributed by atoms with E-state index in [1.807, 2.05) is 0 Å². The van der Waals surface area contributed by atoms with E-state index in [1.165, 1.54) is 12.1 Å². The van der Waals surface area contributed by atoms with Crippen molar-refractivity contribution in [1.29, 1.82) is 0 Å². The summed E-state index contributed by atoms with van der Waals surface area (Å²) in [5, 5.41) is 2.74. The van der Waals surface area contributed by atoms with E-state index in [-0.39, 0.29) is 10.8 Å². The number of benzene rings is 3. The number of carbonyl (C=O) groups excluding carboxylic acids is 1. The Labute approximate surface area is 175 Å². The zero-order valence-corrected chi connectivity index (χ0v) is 17.2. The molecule has 8 heteroatoms. The standard InChI is InChI=1S/C22H22N2O5S/c1-28-15-16-29-20-11-7-17(8-12-20)22(25)23-18-9-13-21(14-10-18)30(26,27)24-19-5-3-2-4-6-19/h2-14,24H,15-16H2,1H3,(H,23,25). The average Bonchev–Trinajstić information content (AvgIpc) is 2.75. The van der Waals surface area contributed by atoms with Gasteiger partial charge in [-0.3, -0.25) is 9.52 Å². The van der Waals surface area contributed by atoms with Gasteiger partial charge in [0.15, 0.2) is 0 Å². The first-order valence-corrected chi connectivity index (χ1v) is 10.7. The Morgan fingerprint density at radius 3 is 2.13 bits per heavy atom. The van der Waals surface area contributed by atoms with Crippen molar-refractivity contribution in [2.75, 3.05) is 30.4 Å². The maximum absolute atomic E-state index is 12.5. The fraction of sp³-hybridized carbons (Fsp3) is 0.136. The highest BCUT2D eigenvalue weighted by molar-refractivity contribution is 7.92. The number of methoxy groups -OCH3 is 1. The third-order valence-electron chi connectivity index (χ3n) is 4.12. The number of hydrogen-bond acceptors (Lipinski definition) is 5. The highest BCUT2D eigenvalue weighted by Gasteiger charge is 2.14. The van der Waals surface area contributed by atoms with Gasteiger partial charge in [-0.15, -0.1) is 0 Å². The number of anilines is 2. The van der Waals surface area contributed by atoms with Gasteiger partial charge >= 0.3 is 0 Å². The number of nitrogens with one attached hydrogen (secondary N) is 2. The quantitative estimate of drug-likeness (QED) is 0.508. The second-order valence-corrected chi connectivity index (χ2v) is 8.00. The molecule has 0 saturated heterocycles. The highest BCUT2D eigenvalue weighted by Crippen LogP contribution is 2.19. The molecule has 1 amide bonds. The van der Waals surface area contributed by atoms with Gasteiger partial charge < -0.3 is 14.8 Å². The van der Waals surface area contributed by atoms with E-state index in [1.54, 1.807) is 73.8 Å². The second kappa shape index (κ2) is 9.91. The Hall–Kier alpha value is -3.36. The lowest BCUT2D eigenvalue weighted by Gasteiger charge is -2.10. The van der Waals surface area contributed by atoms with E-state index in [4.69, 9.17) is 9.47 Å². The van der Waals surface area contributed by atoms with Gasteiger partial charge in [-0.2, -0.15) is 0 Å². The third kappa shape index (κ3) is 5.82. The second-order valence-electron chi connectivity index (χ2n) is 6.32. The molecule has 0 heterocycles. The first kappa shape index (κ1) is 21.4. The summed E-state index contributed by atoms with van der Waals surface area (Å²) in [5.74, 6) is 0.334. The van der Waals surface area contributed by atoms with Gasteiger partial charge in [0.1, 0.15) is 12.4 Å². The van der Waals surface area contributed by atoms with E-state index < -0.39 is 10.0 Å². The van der Waals surface area contributed by atoms with Crippen molar-refractivity contribution in [3.63, 3.8) is 0 Å². The van der Waals surface area contributed by atoms with Gasteiger partial charge in [0.05, 0.1) is 11.5 Å². The molecule has 0 aromatic heterocycles. The van der Waals surface area contributed by atoms with Crippen molar-refractivity contribution in [3.8, 4) is 5.75 Å². The minimum atomic E-state index is -3.71. The summed E-state index contributed by atoms with van der Waals surface area (Å²) in [7, 11) is -2.11. The van der Waals surface area contributed by atoms with Crippen LogP contribution in [0.5, 0.6) is 5.75 Å². The summed E-state index contributed by atoms with van der Waals surface area (Å²) in [6.07, 6.45) is 0. The molecule has 3 aromatic rings. The summed E-state index contributed by atoms with van der Waals surface area (Å²) in [6, 6.07) is 21.3. The van der Waals surface area contributed by atoms with E-state index in [2.05, 4.69) is 10.0 Å². The van der Waals surface area contributed by atoms with Crippen LogP contribution in [0.4, 0.5) is 11.4 Å². The molecule has 0 spiro atoms. The number of sulfonamides is 1. The minimum Gasteiger partial charge on any atom is -0.491 e. The van der Waals surface area contributed by atoms with Gasteiger partial charge in [0, 0.05) is 24.0 Å². The normalized spacial score (nSPS) is 11.0. The first-order valence-electron chi connectivity index (χ1n) is 9.19. The fourth-order valence-corrected chi connectivity index (χ4v) is 3.64. The van der Waals surface area contributed by atoms with Gasteiger partial charge in [-0.05, 0) is 60.7 Å². The predicted molar refractivity (Wildman–Crippen MR) is 115 cm³/mol. The average molecular weight is 426 g/mol. The summed E-state index contributed by atoms with van der Waals surface area (Å²) in [5.41, 5.74) is 1.42. The Balaban J connectivity index is 1.61. The van der Waals surface area contributed by atoms with Crippen LogP contribution < -0.4 is 14.8 Å². The number of amides is 1. The van der Waals surface area contributed by atoms with E-state index in [0.717, 1.165) is 0 Å². The van der Waals surface area contributed by atoms with E-state index in [0.29, 0.717) is 35.9 Å². The summed E-state index contributed by atoms with van der Waals surface area (Å²) in [4.78, 5) is 12.5. The molecule has 0 saturated carbocycles. The van der Waals surface area contributed by atoms with Crippen LogP contribution in [-0.4, -0.2) is 34.6 Å². The molecule has 3 rings (SSSR count). The molecule has 0 unspecified atom stereocenters. The molecule has 0 atom stereocenters. The van der Waals surface area contributed by atoms with Crippen molar-refractivity contribution in [2.45, 2.75) is 4.90 Å². The zero-order valence-electron chi connectivity index (χ0n) is 16.4. The molecule has 156 valence electrons. The van der Waals surface area contributed by atoms with Crippen LogP contribution in [0.3, 0.4) is 0 Å². The van der Waals surface area contributed by atoms with Crippen LogP contribution in [-0.2, 0) is 14.8 Å². The number of carbonyl (C=O) groups is 1. The summed E-state index contributed by atoms with van der Waals surface area (Å²) < 4.78 is 37.8. The Kier molecular flexibility index (Phi) is 7.05. The van der Waals surface area contributed by atoms with Gasteiger partial charge in [0.2, 0.25) is 0 Å². The van der Waals surface area contributed by atoms with Crippen molar-refractivity contribution in [3.05, 3.63) is 84.4 Å². The zero-order chi connectivity index (χ0) is 21.4. The Morgan fingerprint density at radius 1 is 0.833 bits per heavy atom. The SMILES string of the molecule is COCCOc1ccc(C(=O)Nc2ccc(S(=O)(=O)Nc3ccccc3)cc2)cc1. The van der Waals surface area contributed by atoms with E-state index in [9.17, 15) is 13.2 Å². The van der Waals surface area contributed by atoms with E-state index >= 15 is 0 Å². The van der Waals surface area contributed by atoms with Gasteiger partial charge in [-0.1, -0.05) is 18.2 Å². The van der Waals surface area contributed by atoms with Crippen LogP contribution in [0.15, 0.2) is 83.8 Å². The smallest absolute Gasteiger partial charge is 0.261 e.